The molecular weight excluding hydrogens is 272 g/mol. The van der Waals surface area contributed by atoms with Gasteiger partial charge in [0.1, 0.15) is 11.4 Å². The van der Waals surface area contributed by atoms with Gasteiger partial charge in [0.25, 0.3) is 0 Å². The minimum absolute atomic E-state index is 0.249. The summed E-state index contributed by atoms with van der Waals surface area (Å²) in [4.78, 5) is 4.37. The van der Waals surface area contributed by atoms with Crippen LogP contribution in [0.5, 0.6) is 11.5 Å². The van der Waals surface area contributed by atoms with Crippen molar-refractivity contribution in [2.45, 2.75) is 12.0 Å². The van der Waals surface area contributed by atoms with Crippen molar-refractivity contribution in [3.63, 3.8) is 0 Å². The molecule has 1 saturated heterocycles. The number of ether oxygens (including phenoxy) is 3. The molecule has 1 aromatic carbocycles. The first-order valence-electron chi connectivity index (χ1n) is 6.96. The predicted molar refractivity (Wildman–Crippen MR) is 76.7 cm³/mol. The van der Waals surface area contributed by atoms with Crippen LogP contribution in [0.2, 0.25) is 0 Å². The maximum Gasteiger partial charge on any atom is 0.231 e. The maximum atomic E-state index is 10.3. The lowest BCUT2D eigenvalue weighted by Gasteiger charge is -2.21. The van der Waals surface area contributed by atoms with Crippen LogP contribution in [0, 0.1) is 0 Å². The summed E-state index contributed by atoms with van der Waals surface area (Å²) in [6.07, 6.45) is 2.37. The molecule has 0 bridgehead atoms. The monoisotopic (exact) mass is 288 g/mol. The van der Waals surface area contributed by atoms with Gasteiger partial charge in [-0.15, -0.1) is 0 Å². The van der Waals surface area contributed by atoms with Gasteiger partial charge in [-0.25, -0.2) is 4.98 Å². The molecule has 1 unspecified atom stereocenters. The third kappa shape index (κ3) is 2.26. The molecule has 4 rings (SSSR count). The van der Waals surface area contributed by atoms with E-state index in [1.165, 1.54) is 0 Å². The number of anilines is 1. The molecular formula is C15H16N2O4. The number of pyridine rings is 1. The van der Waals surface area contributed by atoms with Crippen LogP contribution in [0.25, 0.3) is 10.8 Å². The maximum absolute atomic E-state index is 10.3. The van der Waals surface area contributed by atoms with Crippen LogP contribution in [-0.4, -0.2) is 42.2 Å². The lowest BCUT2D eigenvalue weighted by Crippen LogP contribution is -2.37. The highest BCUT2D eigenvalue weighted by atomic mass is 16.7. The van der Waals surface area contributed by atoms with Gasteiger partial charge in [0.2, 0.25) is 6.79 Å². The van der Waals surface area contributed by atoms with Crippen molar-refractivity contribution >= 4 is 16.6 Å². The number of benzene rings is 1. The summed E-state index contributed by atoms with van der Waals surface area (Å²) in [6.45, 7) is 1.61. The Morgan fingerprint density at radius 1 is 1.29 bits per heavy atom. The van der Waals surface area contributed by atoms with E-state index >= 15 is 0 Å². The third-order valence-corrected chi connectivity index (χ3v) is 3.92. The summed E-state index contributed by atoms with van der Waals surface area (Å²) in [6, 6.07) is 5.79. The van der Waals surface area contributed by atoms with Gasteiger partial charge < -0.3 is 24.6 Å². The quantitative estimate of drug-likeness (QED) is 0.892. The number of hydrogen-bond donors (Lipinski definition) is 2. The molecule has 21 heavy (non-hydrogen) atoms. The number of nitrogens with one attached hydrogen (secondary N) is 1. The fourth-order valence-electron chi connectivity index (χ4n) is 2.69. The van der Waals surface area contributed by atoms with Crippen molar-refractivity contribution in [1.82, 2.24) is 4.98 Å². The van der Waals surface area contributed by atoms with Crippen molar-refractivity contribution in [3.05, 3.63) is 24.4 Å². The average Bonchev–Trinajstić information content (AvgIpc) is 3.11. The first kappa shape index (κ1) is 12.7. The lowest BCUT2D eigenvalue weighted by molar-refractivity contribution is 0.0381. The normalized spacial score (nSPS) is 23.7. The van der Waals surface area contributed by atoms with Gasteiger partial charge >= 0.3 is 0 Å². The molecule has 1 atom stereocenters. The number of aromatic nitrogens is 1. The molecule has 0 aliphatic carbocycles. The fraction of sp³-hybridized carbons (Fsp3) is 0.400. The van der Waals surface area contributed by atoms with Crippen LogP contribution >= 0.6 is 0 Å². The molecule has 0 spiro atoms. The second-order valence-electron chi connectivity index (χ2n) is 5.47. The number of fused-ring (bicyclic) bond motifs is 2. The summed E-state index contributed by atoms with van der Waals surface area (Å²) in [5.74, 6) is 2.20. The molecule has 2 aliphatic rings. The number of aliphatic hydroxyl groups is 1. The smallest absolute Gasteiger partial charge is 0.231 e. The van der Waals surface area contributed by atoms with Crippen molar-refractivity contribution in [2.24, 2.45) is 0 Å². The molecule has 3 heterocycles. The zero-order chi connectivity index (χ0) is 14.3. The van der Waals surface area contributed by atoms with E-state index in [9.17, 15) is 5.11 Å². The van der Waals surface area contributed by atoms with Gasteiger partial charge in [0.05, 0.1) is 6.61 Å². The molecule has 2 N–H and O–H groups in total. The fourth-order valence-corrected chi connectivity index (χ4v) is 2.69. The van der Waals surface area contributed by atoms with Crippen molar-refractivity contribution in [2.75, 3.05) is 31.9 Å². The van der Waals surface area contributed by atoms with Crippen LogP contribution in [0.1, 0.15) is 6.42 Å². The van der Waals surface area contributed by atoms with Gasteiger partial charge in [-0.05, 0) is 23.6 Å². The van der Waals surface area contributed by atoms with Crippen LogP contribution in [0.4, 0.5) is 5.82 Å². The largest absolute Gasteiger partial charge is 0.454 e. The predicted octanol–water partition coefficient (Wildman–Crippen LogP) is 1.53. The number of nitrogens with zero attached hydrogens (tertiary/aromatic N) is 1. The zero-order valence-electron chi connectivity index (χ0n) is 11.5. The SMILES string of the molecule is OC1(CNc2nccc3cc4c(cc23)OCO4)CCOC1. The Hall–Kier alpha value is -2.05. The Morgan fingerprint density at radius 2 is 2.14 bits per heavy atom. The van der Waals surface area contributed by atoms with E-state index in [-0.39, 0.29) is 6.79 Å². The van der Waals surface area contributed by atoms with Crippen molar-refractivity contribution in [3.8, 4) is 11.5 Å². The Balaban J connectivity index is 1.65. The van der Waals surface area contributed by atoms with Gasteiger partial charge in [-0.2, -0.15) is 0 Å². The van der Waals surface area contributed by atoms with Crippen LogP contribution in [0.15, 0.2) is 24.4 Å². The Morgan fingerprint density at radius 3 is 2.95 bits per heavy atom. The summed E-state index contributed by atoms with van der Waals surface area (Å²) in [5, 5.41) is 15.5. The molecule has 2 aliphatic heterocycles. The van der Waals surface area contributed by atoms with E-state index < -0.39 is 5.60 Å². The molecule has 0 amide bonds. The highest BCUT2D eigenvalue weighted by molar-refractivity contribution is 5.94. The molecule has 6 heteroatoms. The van der Waals surface area contributed by atoms with Crippen LogP contribution in [-0.2, 0) is 4.74 Å². The first-order chi connectivity index (χ1) is 10.2. The van der Waals surface area contributed by atoms with Crippen molar-refractivity contribution < 1.29 is 19.3 Å². The highest BCUT2D eigenvalue weighted by Gasteiger charge is 2.32. The average molecular weight is 288 g/mol. The van der Waals surface area contributed by atoms with Crippen LogP contribution in [0.3, 0.4) is 0 Å². The van der Waals surface area contributed by atoms with Gasteiger partial charge in [-0.1, -0.05) is 0 Å². The molecule has 1 aromatic heterocycles. The molecule has 1 fully saturated rings. The highest BCUT2D eigenvalue weighted by Crippen LogP contribution is 2.37. The summed E-state index contributed by atoms with van der Waals surface area (Å²) >= 11 is 0. The second-order valence-corrected chi connectivity index (χ2v) is 5.47. The van der Waals surface area contributed by atoms with Gasteiger partial charge in [0.15, 0.2) is 11.5 Å². The molecule has 0 saturated carbocycles. The molecule has 6 nitrogen and oxygen atoms in total. The Bertz CT molecular complexity index is 683. The van der Waals surface area contributed by atoms with Gasteiger partial charge in [0, 0.05) is 31.2 Å². The van der Waals surface area contributed by atoms with E-state index in [4.69, 9.17) is 14.2 Å². The topological polar surface area (TPSA) is 72.8 Å². The standard InChI is InChI=1S/C15H16N2O4/c18-15(2-4-19-8-15)7-17-14-11-6-13-12(20-9-21-13)5-10(11)1-3-16-14/h1,3,5-6,18H,2,4,7-9H2,(H,16,17). The zero-order valence-corrected chi connectivity index (χ0v) is 11.5. The minimum atomic E-state index is -0.819. The van der Waals surface area contributed by atoms with Crippen LogP contribution < -0.4 is 14.8 Å². The summed E-state index contributed by atoms with van der Waals surface area (Å²) in [5.41, 5.74) is -0.819. The minimum Gasteiger partial charge on any atom is -0.454 e. The van der Waals surface area contributed by atoms with E-state index in [1.807, 2.05) is 18.2 Å². The molecule has 2 aromatic rings. The number of rotatable bonds is 3. The van der Waals surface area contributed by atoms with Gasteiger partial charge in [-0.3, -0.25) is 0 Å². The first-order valence-corrected chi connectivity index (χ1v) is 6.96. The molecule has 110 valence electrons. The second kappa shape index (κ2) is 4.75. The van der Waals surface area contributed by atoms with E-state index in [1.54, 1.807) is 6.20 Å². The van der Waals surface area contributed by atoms with E-state index in [2.05, 4.69) is 10.3 Å². The summed E-state index contributed by atoms with van der Waals surface area (Å²) < 4.78 is 16.0. The Kier molecular flexibility index (Phi) is 2.87. The number of hydrogen-bond acceptors (Lipinski definition) is 6. The summed E-state index contributed by atoms with van der Waals surface area (Å²) in [7, 11) is 0. The lowest BCUT2D eigenvalue weighted by atomic mass is 10.0. The van der Waals surface area contributed by atoms with E-state index in [0.29, 0.717) is 26.2 Å². The van der Waals surface area contributed by atoms with Crippen molar-refractivity contribution in [1.29, 1.82) is 0 Å². The van der Waals surface area contributed by atoms with E-state index in [0.717, 1.165) is 28.1 Å². The molecule has 0 radical (unpaired) electrons. The third-order valence-electron chi connectivity index (χ3n) is 3.92. The Labute approximate surface area is 121 Å².